The van der Waals surface area contributed by atoms with Crippen LogP contribution in [-0.2, 0) is 24.1 Å². The zero-order valence-electron chi connectivity index (χ0n) is 12.7. The molecule has 2 aromatic carbocycles. The summed E-state index contributed by atoms with van der Waals surface area (Å²) in [6, 6.07) is 20.5. The van der Waals surface area contributed by atoms with Gasteiger partial charge < -0.3 is 0 Å². The van der Waals surface area contributed by atoms with Crippen molar-refractivity contribution in [1.82, 2.24) is 0 Å². The molecule has 0 unspecified atom stereocenters. The highest BCUT2D eigenvalue weighted by atomic mass is 32.1. The predicted molar refractivity (Wildman–Crippen MR) is 95.5 cm³/mol. The Balaban J connectivity index is 1.81. The fourth-order valence-electron chi connectivity index (χ4n) is 3.19. The Morgan fingerprint density at radius 1 is 0.870 bits per heavy atom. The summed E-state index contributed by atoms with van der Waals surface area (Å²) in [5.41, 5.74) is 4.53. The number of benzene rings is 2. The minimum Gasteiger partial charge on any atom is -0.280 e. The summed E-state index contributed by atoms with van der Waals surface area (Å²) in [4.78, 5) is 16.1. The lowest BCUT2D eigenvalue weighted by atomic mass is 10.0. The fraction of sp³-hybridized carbons (Fsp3) is 0.150. The van der Waals surface area contributed by atoms with Gasteiger partial charge in [-0.15, -0.1) is 11.3 Å². The van der Waals surface area contributed by atoms with Crippen molar-refractivity contribution < 1.29 is 4.79 Å². The first-order valence-electron chi connectivity index (χ1n) is 7.84. The zero-order chi connectivity index (χ0) is 15.6. The van der Waals surface area contributed by atoms with Gasteiger partial charge in [0.2, 0.25) is 5.91 Å². The van der Waals surface area contributed by atoms with Crippen LogP contribution in [0.3, 0.4) is 0 Å². The van der Waals surface area contributed by atoms with Gasteiger partial charge in [0, 0.05) is 4.88 Å². The molecule has 2 heterocycles. The quantitative estimate of drug-likeness (QED) is 0.667. The molecule has 23 heavy (non-hydrogen) atoms. The normalized spacial score (nSPS) is 13.1. The lowest BCUT2D eigenvalue weighted by Gasteiger charge is -2.24. The maximum atomic E-state index is 13.1. The molecular weight excluding hydrogens is 302 g/mol. The highest BCUT2D eigenvalue weighted by Crippen LogP contribution is 2.36. The van der Waals surface area contributed by atoms with Gasteiger partial charge in [-0.1, -0.05) is 42.5 Å². The highest BCUT2D eigenvalue weighted by Gasteiger charge is 2.25. The molecule has 114 valence electrons. The van der Waals surface area contributed by atoms with Crippen LogP contribution in [0.25, 0.3) is 0 Å². The molecule has 1 aromatic heterocycles. The standard InChI is InChI=1S/C20H17NOS/c22-20(14-17-8-5-13-23-17)21-18-9-3-1-6-15(18)11-12-16-7-2-4-10-19(16)21/h1-10,13H,11-12,14H2. The molecular formula is C20H17NOS. The van der Waals surface area contributed by atoms with Crippen LogP contribution in [0.1, 0.15) is 16.0 Å². The van der Waals surface area contributed by atoms with Gasteiger partial charge in [-0.3, -0.25) is 9.69 Å². The van der Waals surface area contributed by atoms with Gasteiger partial charge in [-0.2, -0.15) is 0 Å². The van der Waals surface area contributed by atoms with Crippen molar-refractivity contribution in [2.24, 2.45) is 0 Å². The second kappa shape index (κ2) is 6.01. The topological polar surface area (TPSA) is 20.3 Å². The summed E-state index contributed by atoms with van der Waals surface area (Å²) in [6.45, 7) is 0. The molecule has 0 saturated heterocycles. The molecule has 1 aliphatic heterocycles. The molecule has 2 nitrogen and oxygen atoms in total. The van der Waals surface area contributed by atoms with E-state index < -0.39 is 0 Å². The maximum absolute atomic E-state index is 13.1. The Morgan fingerprint density at radius 2 is 1.48 bits per heavy atom. The summed E-state index contributed by atoms with van der Waals surface area (Å²) < 4.78 is 0. The Hall–Kier alpha value is -2.39. The van der Waals surface area contributed by atoms with Crippen LogP contribution in [0, 0.1) is 0 Å². The average Bonchev–Trinajstić information content (AvgIpc) is 3.02. The van der Waals surface area contributed by atoms with E-state index in [9.17, 15) is 4.79 Å². The van der Waals surface area contributed by atoms with Crippen LogP contribution >= 0.6 is 11.3 Å². The molecule has 3 aromatic rings. The Kier molecular flexibility index (Phi) is 3.72. The molecule has 0 bridgehead atoms. The average molecular weight is 319 g/mol. The van der Waals surface area contributed by atoms with E-state index in [2.05, 4.69) is 36.4 Å². The van der Waals surface area contributed by atoms with Gasteiger partial charge in [0.05, 0.1) is 17.8 Å². The monoisotopic (exact) mass is 319 g/mol. The minimum absolute atomic E-state index is 0.134. The van der Waals surface area contributed by atoms with E-state index in [0.717, 1.165) is 29.1 Å². The third-order valence-electron chi connectivity index (χ3n) is 4.28. The summed E-state index contributed by atoms with van der Waals surface area (Å²) in [5, 5.41) is 2.02. The van der Waals surface area contributed by atoms with Crippen molar-refractivity contribution in [1.29, 1.82) is 0 Å². The van der Waals surface area contributed by atoms with E-state index in [4.69, 9.17) is 0 Å². The summed E-state index contributed by atoms with van der Waals surface area (Å²) in [6.07, 6.45) is 2.38. The molecule has 1 amide bonds. The SMILES string of the molecule is O=C(Cc1cccs1)N1c2ccccc2CCc2ccccc21. The molecule has 0 aliphatic carbocycles. The molecule has 0 spiro atoms. The first-order valence-corrected chi connectivity index (χ1v) is 8.72. The molecule has 0 atom stereocenters. The van der Waals surface area contributed by atoms with E-state index in [1.165, 1.54) is 11.1 Å². The number of fused-ring (bicyclic) bond motifs is 2. The molecule has 3 heteroatoms. The number of carbonyl (C=O) groups is 1. The number of para-hydroxylation sites is 2. The van der Waals surface area contributed by atoms with Gasteiger partial charge in [0.15, 0.2) is 0 Å². The van der Waals surface area contributed by atoms with Crippen molar-refractivity contribution >= 4 is 28.6 Å². The van der Waals surface area contributed by atoms with Crippen molar-refractivity contribution in [2.45, 2.75) is 19.3 Å². The van der Waals surface area contributed by atoms with Crippen LogP contribution < -0.4 is 4.90 Å². The van der Waals surface area contributed by atoms with E-state index in [-0.39, 0.29) is 5.91 Å². The highest BCUT2D eigenvalue weighted by molar-refractivity contribution is 7.10. The Morgan fingerprint density at radius 3 is 2.04 bits per heavy atom. The van der Waals surface area contributed by atoms with Crippen molar-refractivity contribution in [3.05, 3.63) is 82.0 Å². The van der Waals surface area contributed by atoms with Crippen molar-refractivity contribution in [3.63, 3.8) is 0 Å². The largest absolute Gasteiger partial charge is 0.280 e. The van der Waals surface area contributed by atoms with Crippen LogP contribution in [0.4, 0.5) is 11.4 Å². The molecule has 0 radical (unpaired) electrons. The van der Waals surface area contributed by atoms with Gasteiger partial charge >= 0.3 is 0 Å². The van der Waals surface area contributed by atoms with Gasteiger partial charge in [-0.05, 0) is 47.5 Å². The van der Waals surface area contributed by atoms with Crippen molar-refractivity contribution in [2.75, 3.05) is 4.90 Å². The number of carbonyl (C=O) groups excluding carboxylic acids is 1. The van der Waals surface area contributed by atoms with Crippen LogP contribution in [0.2, 0.25) is 0 Å². The number of aryl methyl sites for hydroxylation is 2. The van der Waals surface area contributed by atoms with Crippen LogP contribution in [0.5, 0.6) is 0 Å². The third-order valence-corrected chi connectivity index (χ3v) is 5.16. The first kappa shape index (κ1) is 14.2. The molecule has 0 N–H and O–H groups in total. The number of hydrogen-bond acceptors (Lipinski definition) is 2. The van der Waals surface area contributed by atoms with Crippen LogP contribution in [0.15, 0.2) is 66.0 Å². The second-order valence-electron chi connectivity index (χ2n) is 5.74. The molecule has 4 rings (SSSR count). The lowest BCUT2D eigenvalue weighted by Crippen LogP contribution is -2.28. The number of anilines is 2. The molecule has 0 saturated carbocycles. The fourth-order valence-corrected chi connectivity index (χ4v) is 3.89. The Labute approximate surface area is 140 Å². The molecule has 1 aliphatic rings. The zero-order valence-corrected chi connectivity index (χ0v) is 13.6. The Bertz CT molecular complexity index is 791. The van der Waals surface area contributed by atoms with Crippen LogP contribution in [-0.4, -0.2) is 5.91 Å². The predicted octanol–water partition coefficient (Wildman–Crippen LogP) is 4.75. The molecule has 0 fully saturated rings. The lowest BCUT2D eigenvalue weighted by molar-refractivity contribution is -0.117. The third kappa shape index (κ3) is 2.68. The number of nitrogens with zero attached hydrogens (tertiary/aromatic N) is 1. The van der Waals surface area contributed by atoms with Gasteiger partial charge in [0.1, 0.15) is 0 Å². The summed E-state index contributed by atoms with van der Waals surface area (Å²) in [5.74, 6) is 0.134. The number of rotatable bonds is 2. The second-order valence-corrected chi connectivity index (χ2v) is 6.77. The summed E-state index contributed by atoms with van der Waals surface area (Å²) >= 11 is 1.64. The minimum atomic E-state index is 0.134. The van der Waals surface area contributed by atoms with E-state index >= 15 is 0 Å². The smallest absolute Gasteiger partial charge is 0.236 e. The maximum Gasteiger partial charge on any atom is 0.236 e. The number of hydrogen-bond donors (Lipinski definition) is 0. The number of thiophene rings is 1. The van der Waals surface area contributed by atoms with Crippen molar-refractivity contribution in [3.8, 4) is 0 Å². The van der Waals surface area contributed by atoms with Gasteiger partial charge in [0.25, 0.3) is 0 Å². The van der Waals surface area contributed by atoms with E-state index in [1.807, 2.05) is 34.5 Å². The van der Waals surface area contributed by atoms with E-state index in [1.54, 1.807) is 11.3 Å². The summed E-state index contributed by atoms with van der Waals surface area (Å²) in [7, 11) is 0. The number of amides is 1. The van der Waals surface area contributed by atoms with Gasteiger partial charge in [-0.25, -0.2) is 0 Å². The first-order chi connectivity index (χ1) is 11.3. The van der Waals surface area contributed by atoms with E-state index in [0.29, 0.717) is 6.42 Å².